The van der Waals surface area contributed by atoms with Gasteiger partial charge in [-0.3, -0.25) is 4.79 Å². The van der Waals surface area contributed by atoms with Gasteiger partial charge in [0, 0.05) is 12.5 Å². The third kappa shape index (κ3) is 6.54. The van der Waals surface area contributed by atoms with Crippen LogP contribution < -0.4 is 4.90 Å². The maximum Gasteiger partial charge on any atom is 0.405 e. The van der Waals surface area contributed by atoms with E-state index in [-0.39, 0.29) is 52.8 Å². The molecule has 3 aliphatic rings. The van der Waals surface area contributed by atoms with Gasteiger partial charge >= 0.3 is 12.1 Å². The second-order valence-electron chi connectivity index (χ2n) is 10.9. The number of carboxylic acids is 1. The smallest absolute Gasteiger partial charge is 0.405 e. The SMILES string of the molecule is CCC[C@@H](COC1CCOC1)N(C(=O)C1CCC(C)CC1)c1cc(C#CC2(C(F)(F)F)CC2)sc1C(=O)O. The molecular formula is C28H36F3NO5S. The fourth-order valence-corrected chi connectivity index (χ4v) is 6.11. The van der Waals surface area contributed by atoms with Gasteiger partial charge in [0.25, 0.3) is 0 Å². The molecule has 1 amide bonds. The Morgan fingerprint density at radius 3 is 2.53 bits per heavy atom. The van der Waals surface area contributed by atoms with Crippen LogP contribution in [-0.4, -0.2) is 55.1 Å². The van der Waals surface area contributed by atoms with Gasteiger partial charge in [-0.15, -0.1) is 11.3 Å². The molecule has 4 rings (SSSR count). The summed E-state index contributed by atoms with van der Waals surface area (Å²) in [6.45, 7) is 5.47. The number of ether oxygens (including phenoxy) is 2. The number of aromatic carboxylic acids is 1. The lowest BCUT2D eigenvalue weighted by Crippen LogP contribution is -2.47. The number of hydrogen-bond acceptors (Lipinski definition) is 5. The number of halogens is 3. The summed E-state index contributed by atoms with van der Waals surface area (Å²) in [5.74, 6) is 3.87. The Kier molecular flexibility index (Phi) is 9.11. The molecule has 0 bridgehead atoms. The van der Waals surface area contributed by atoms with Gasteiger partial charge in [0.1, 0.15) is 10.3 Å². The van der Waals surface area contributed by atoms with E-state index in [2.05, 4.69) is 18.8 Å². The Labute approximate surface area is 225 Å². The van der Waals surface area contributed by atoms with Gasteiger partial charge in [-0.2, -0.15) is 13.2 Å². The predicted octanol–water partition coefficient (Wildman–Crippen LogP) is 6.27. The standard InChI is InChI=1S/C28H36F3NO5S/c1-3-4-20(16-37-21-10-14-36-17-21)32(25(33)19-7-5-18(2)6-8-19)23-15-22(38-24(23)26(34)35)9-11-27(12-13-27)28(29,30)31/h15,18-21H,3-8,10,12-14,16-17H2,1-2H3,(H,34,35)/t18?,19?,20-,21?/m0/s1. The highest BCUT2D eigenvalue weighted by atomic mass is 32.1. The average molecular weight is 556 g/mol. The zero-order valence-corrected chi connectivity index (χ0v) is 22.8. The Balaban J connectivity index is 1.69. The second kappa shape index (κ2) is 12.0. The third-order valence-corrected chi connectivity index (χ3v) is 8.91. The van der Waals surface area contributed by atoms with Crippen LogP contribution in [0.3, 0.4) is 0 Å². The van der Waals surface area contributed by atoms with Gasteiger partial charge in [0.2, 0.25) is 5.91 Å². The van der Waals surface area contributed by atoms with Crippen LogP contribution in [0.25, 0.3) is 0 Å². The number of anilines is 1. The van der Waals surface area contributed by atoms with E-state index in [9.17, 15) is 27.9 Å². The lowest BCUT2D eigenvalue weighted by Gasteiger charge is -2.36. The van der Waals surface area contributed by atoms with Crippen LogP contribution in [0.5, 0.6) is 0 Å². The van der Waals surface area contributed by atoms with Gasteiger partial charge in [0.05, 0.1) is 35.9 Å². The summed E-state index contributed by atoms with van der Waals surface area (Å²) in [5.41, 5.74) is -1.81. The van der Waals surface area contributed by atoms with Crippen LogP contribution in [0.2, 0.25) is 0 Å². The molecule has 2 heterocycles. The lowest BCUT2D eigenvalue weighted by atomic mass is 9.82. The number of nitrogens with zero attached hydrogens (tertiary/aromatic N) is 1. The van der Waals surface area contributed by atoms with Gasteiger partial charge in [-0.1, -0.05) is 32.1 Å². The van der Waals surface area contributed by atoms with E-state index in [0.29, 0.717) is 25.6 Å². The molecule has 2 aliphatic carbocycles. The van der Waals surface area contributed by atoms with Crippen molar-refractivity contribution in [3.05, 3.63) is 15.8 Å². The van der Waals surface area contributed by atoms with E-state index in [4.69, 9.17) is 9.47 Å². The molecule has 2 atom stereocenters. The largest absolute Gasteiger partial charge is 0.477 e. The minimum Gasteiger partial charge on any atom is -0.477 e. The molecule has 3 fully saturated rings. The monoisotopic (exact) mass is 555 g/mol. The molecule has 1 aromatic heterocycles. The van der Waals surface area contributed by atoms with Crippen LogP contribution in [0.1, 0.15) is 86.2 Å². The van der Waals surface area contributed by atoms with E-state index in [1.165, 1.54) is 6.07 Å². The Bertz CT molecular complexity index is 1060. The number of carboxylic acid groups (broad SMARTS) is 1. The first-order chi connectivity index (χ1) is 18.0. The maximum atomic E-state index is 14.0. The van der Waals surface area contributed by atoms with Gasteiger partial charge < -0.3 is 19.5 Å². The molecule has 38 heavy (non-hydrogen) atoms. The maximum absolute atomic E-state index is 14.0. The number of amides is 1. The predicted molar refractivity (Wildman–Crippen MR) is 138 cm³/mol. The normalized spacial score (nSPS) is 25.3. The molecule has 1 saturated heterocycles. The zero-order chi connectivity index (χ0) is 27.5. The fourth-order valence-electron chi connectivity index (χ4n) is 5.27. The van der Waals surface area contributed by atoms with Crippen molar-refractivity contribution < 1.29 is 37.3 Å². The quantitative estimate of drug-likeness (QED) is 0.363. The highest BCUT2D eigenvalue weighted by molar-refractivity contribution is 7.15. The molecule has 0 aromatic carbocycles. The number of carbonyl (C=O) groups excluding carboxylic acids is 1. The first-order valence-electron chi connectivity index (χ1n) is 13.5. The summed E-state index contributed by atoms with van der Waals surface area (Å²) in [6.07, 6.45) is 0.758. The van der Waals surface area contributed by atoms with Gasteiger partial charge in [0.15, 0.2) is 0 Å². The number of rotatable bonds is 9. The summed E-state index contributed by atoms with van der Waals surface area (Å²) in [6, 6.07) is 1.07. The number of carbonyl (C=O) groups is 2. The second-order valence-corrected chi connectivity index (χ2v) is 11.9. The summed E-state index contributed by atoms with van der Waals surface area (Å²) >= 11 is 0.823. The lowest BCUT2D eigenvalue weighted by molar-refractivity contribution is -0.168. The highest BCUT2D eigenvalue weighted by Crippen LogP contribution is 2.57. The first-order valence-corrected chi connectivity index (χ1v) is 14.4. The van der Waals surface area contributed by atoms with Crippen molar-refractivity contribution in [2.45, 2.75) is 90.0 Å². The van der Waals surface area contributed by atoms with Crippen molar-refractivity contribution in [3.63, 3.8) is 0 Å². The van der Waals surface area contributed by atoms with Crippen LogP contribution >= 0.6 is 11.3 Å². The van der Waals surface area contributed by atoms with Crippen LogP contribution in [0.15, 0.2) is 6.07 Å². The van der Waals surface area contributed by atoms with Crippen molar-refractivity contribution in [1.29, 1.82) is 0 Å². The van der Waals surface area contributed by atoms with Crippen LogP contribution in [-0.2, 0) is 14.3 Å². The zero-order valence-electron chi connectivity index (χ0n) is 21.9. The van der Waals surface area contributed by atoms with Gasteiger partial charge in [-0.25, -0.2) is 4.79 Å². The topological polar surface area (TPSA) is 76.1 Å². The van der Waals surface area contributed by atoms with Crippen molar-refractivity contribution >= 4 is 28.9 Å². The van der Waals surface area contributed by atoms with Crippen molar-refractivity contribution in [1.82, 2.24) is 0 Å². The summed E-state index contributed by atoms with van der Waals surface area (Å²) in [5, 5.41) is 10.0. The highest BCUT2D eigenvalue weighted by Gasteiger charge is 2.62. The minimum atomic E-state index is -4.43. The van der Waals surface area contributed by atoms with Crippen molar-refractivity contribution in [2.24, 2.45) is 17.3 Å². The Morgan fingerprint density at radius 1 is 1.26 bits per heavy atom. The number of thiophene rings is 1. The molecule has 1 unspecified atom stereocenters. The molecule has 10 heteroatoms. The number of alkyl halides is 3. The minimum absolute atomic E-state index is 0.0565. The summed E-state index contributed by atoms with van der Waals surface area (Å²) < 4.78 is 51.8. The molecule has 0 spiro atoms. The number of hydrogen-bond donors (Lipinski definition) is 1. The fraction of sp³-hybridized carbons (Fsp3) is 0.714. The van der Waals surface area contributed by atoms with E-state index < -0.39 is 23.6 Å². The molecule has 1 aliphatic heterocycles. The molecule has 210 valence electrons. The first kappa shape index (κ1) is 28.9. The summed E-state index contributed by atoms with van der Waals surface area (Å²) in [4.78, 5) is 28.0. The van der Waals surface area contributed by atoms with Crippen LogP contribution in [0, 0.1) is 29.1 Å². The van der Waals surface area contributed by atoms with Crippen LogP contribution in [0.4, 0.5) is 18.9 Å². The van der Waals surface area contributed by atoms with Crippen molar-refractivity contribution in [3.8, 4) is 11.8 Å². The average Bonchev–Trinajstić information content (AvgIpc) is 3.29. The molecule has 1 aromatic rings. The molecule has 6 nitrogen and oxygen atoms in total. The van der Waals surface area contributed by atoms with Crippen molar-refractivity contribution in [2.75, 3.05) is 24.7 Å². The van der Waals surface area contributed by atoms with E-state index >= 15 is 0 Å². The molecule has 2 saturated carbocycles. The Morgan fingerprint density at radius 2 is 1.97 bits per heavy atom. The van der Waals surface area contributed by atoms with E-state index in [1.54, 1.807) is 4.90 Å². The molecular weight excluding hydrogens is 519 g/mol. The summed E-state index contributed by atoms with van der Waals surface area (Å²) in [7, 11) is 0. The third-order valence-electron chi connectivity index (χ3n) is 7.89. The molecule has 0 radical (unpaired) electrons. The Hall–Kier alpha value is -2.09. The van der Waals surface area contributed by atoms with Gasteiger partial charge in [-0.05, 0) is 63.4 Å². The van der Waals surface area contributed by atoms with E-state index in [1.807, 2.05) is 6.92 Å². The van der Waals surface area contributed by atoms with E-state index in [0.717, 1.165) is 49.9 Å². The molecule has 1 N–H and O–H groups in total.